The van der Waals surface area contributed by atoms with E-state index in [9.17, 15) is 9.59 Å². The normalized spacial score (nSPS) is 23.6. The molecule has 2 unspecified atom stereocenters. The van der Waals surface area contributed by atoms with E-state index in [4.69, 9.17) is 4.74 Å². The molecule has 1 fully saturated rings. The molecule has 0 saturated carbocycles. The molecular weight excluding hydrogens is 244 g/mol. The van der Waals surface area contributed by atoms with Gasteiger partial charge in [-0.1, -0.05) is 26.7 Å². The van der Waals surface area contributed by atoms with Crippen LogP contribution >= 0.6 is 0 Å². The largest absolute Gasteiger partial charge is 0.380 e. The number of rotatable bonds is 8. The number of carbonyl (C=O) groups excluding carboxylic acids is 2. The van der Waals surface area contributed by atoms with E-state index in [0.717, 1.165) is 25.9 Å². The Morgan fingerprint density at radius 2 is 1.95 bits per heavy atom. The number of piperazine rings is 1. The Kier molecular flexibility index (Phi) is 6.84. The summed E-state index contributed by atoms with van der Waals surface area (Å²) in [4.78, 5) is 25.7. The zero-order chi connectivity index (χ0) is 14.3. The highest BCUT2D eigenvalue weighted by atomic mass is 16.5. The molecule has 2 amide bonds. The van der Waals surface area contributed by atoms with E-state index in [-0.39, 0.29) is 17.9 Å². The number of unbranched alkanes of at least 4 members (excludes halogenated alkanes) is 1. The summed E-state index contributed by atoms with van der Waals surface area (Å²) in [5.41, 5.74) is 0. The third kappa shape index (κ3) is 4.49. The first-order valence-corrected chi connectivity index (χ1v) is 7.30. The first-order valence-electron chi connectivity index (χ1n) is 7.30. The molecule has 5 nitrogen and oxygen atoms in total. The number of hydrogen-bond acceptors (Lipinski definition) is 3. The summed E-state index contributed by atoms with van der Waals surface area (Å²) < 4.78 is 5.48. The summed E-state index contributed by atoms with van der Waals surface area (Å²) in [6.07, 6.45) is 3.71. The third-order valence-corrected chi connectivity index (χ3v) is 3.44. The zero-order valence-electron chi connectivity index (χ0n) is 12.3. The van der Waals surface area contributed by atoms with Crippen molar-refractivity contribution >= 4 is 11.8 Å². The van der Waals surface area contributed by atoms with Gasteiger partial charge in [0, 0.05) is 13.2 Å². The van der Waals surface area contributed by atoms with Crippen LogP contribution < -0.4 is 5.32 Å². The quantitative estimate of drug-likeness (QED) is 0.677. The monoisotopic (exact) mass is 270 g/mol. The average molecular weight is 270 g/mol. The first kappa shape index (κ1) is 16.0. The van der Waals surface area contributed by atoms with Gasteiger partial charge in [-0.15, -0.1) is 0 Å². The predicted octanol–water partition coefficient (Wildman–Crippen LogP) is 1.32. The van der Waals surface area contributed by atoms with Crippen molar-refractivity contribution < 1.29 is 14.3 Å². The highest BCUT2D eigenvalue weighted by Crippen LogP contribution is 2.12. The van der Waals surface area contributed by atoms with Gasteiger partial charge in [0.15, 0.2) is 0 Å². The van der Waals surface area contributed by atoms with Crippen LogP contribution in [0.25, 0.3) is 0 Å². The second-order valence-electron chi connectivity index (χ2n) is 5.02. The smallest absolute Gasteiger partial charge is 0.245 e. The molecule has 1 saturated heterocycles. The molecule has 0 aliphatic carbocycles. The second-order valence-corrected chi connectivity index (χ2v) is 5.02. The second kappa shape index (κ2) is 8.15. The Morgan fingerprint density at radius 1 is 1.21 bits per heavy atom. The van der Waals surface area contributed by atoms with E-state index in [2.05, 4.69) is 12.2 Å². The van der Waals surface area contributed by atoms with Crippen molar-refractivity contribution in [1.82, 2.24) is 10.2 Å². The van der Waals surface area contributed by atoms with Crippen molar-refractivity contribution in [3.8, 4) is 0 Å². The fourth-order valence-electron chi connectivity index (χ4n) is 2.19. The molecule has 0 aromatic heterocycles. The van der Waals surface area contributed by atoms with Crippen LogP contribution in [0.4, 0.5) is 0 Å². The van der Waals surface area contributed by atoms with Gasteiger partial charge in [0.2, 0.25) is 11.8 Å². The summed E-state index contributed by atoms with van der Waals surface area (Å²) in [5, 5.41) is 2.79. The van der Waals surface area contributed by atoms with Crippen LogP contribution in [0.3, 0.4) is 0 Å². The first-order chi connectivity index (χ1) is 9.11. The Balaban J connectivity index is 2.47. The number of amides is 2. The number of carbonyl (C=O) groups is 2. The molecule has 1 heterocycles. The molecule has 0 bridgehead atoms. The molecule has 2 atom stereocenters. The van der Waals surface area contributed by atoms with Crippen molar-refractivity contribution in [3.05, 3.63) is 0 Å². The van der Waals surface area contributed by atoms with Gasteiger partial charge >= 0.3 is 0 Å². The minimum Gasteiger partial charge on any atom is -0.380 e. The average Bonchev–Trinajstić information content (AvgIpc) is 2.39. The summed E-state index contributed by atoms with van der Waals surface area (Å²) in [6, 6.07) is -0.750. The van der Waals surface area contributed by atoms with E-state index in [0.29, 0.717) is 19.6 Å². The Hall–Kier alpha value is -1.10. The van der Waals surface area contributed by atoms with Gasteiger partial charge in [0.05, 0.1) is 6.61 Å². The molecular formula is C14H26N2O3. The van der Waals surface area contributed by atoms with Crippen LogP contribution in [0, 0.1) is 0 Å². The van der Waals surface area contributed by atoms with Crippen LogP contribution in [0.2, 0.25) is 0 Å². The minimum absolute atomic E-state index is 0.0213. The van der Waals surface area contributed by atoms with Gasteiger partial charge in [0.1, 0.15) is 12.1 Å². The third-order valence-electron chi connectivity index (χ3n) is 3.44. The molecule has 5 heteroatoms. The highest BCUT2D eigenvalue weighted by Gasteiger charge is 2.36. The van der Waals surface area contributed by atoms with E-state index in [1.54, 1.807) is 11.8 Å². The van der Waals surface area contributed by atoms with Crippen molar-refractivity contribution in [2.45, 2.75) is 58.5 Å². The van der Waals surface area contributed by atoms with Gasteiger partial charge in [-0.25, -0.2) is 0 Å². The van der Waals surface area contributed by atoms with E-state index in [1.807, 2.05) is 6.92 Å². The molecule has 1 aliphatic heterocycles. The Morgan fingerprint density at radius 3 is 2.58 bits per heavy atom. The number of nitrogens with one attached hydrogen (secondary N) is 1. The van der Waals surface area contributed by atoms with Gasteiger partial charge in [0.25, 0.3) is 0 Å². The van der Waals surface area contributed by atoms with Crippen molar-refractivity contribution in [2.75, 3.05) is 19.8 Å². The number of hydrogen-bond donors (Lipinski definition) is 1. The van der Waals surface area contributed by atoms with E-state index >= 15 is 0 Å². The van der Waals surface area contributed by atoms with Gasteiger partial charge in [-0.2, -0.15) is 0 Å². The van der Waals surface area contributed by atoms with Crippen LogP contribution in [0.5, 0.6) is 0 Å². The zero-order valence-corrected chi connectivity index (χ0v) is 12.3. The van der Waals surface area contributed by atoms with Crippen molar-refractivity contribution in [2.24, 2.45) is 0 Å². The van der Waals surface area contributed by atoms with Crippen LogP contribution in [0.1, 0.15) is 46.5 Å². The highest BCUT2D eigenvalue weighted by molar-refractivity contribution is 5.96. The molecule has 0 aromatic rings. The molecule has 0 radical (unpaired) electrons. The molecule has 1 N–H and O–H groups in total. The minimum atomic E-state index is -0.393. The summed E-state index contributed by atoms with van der Waals surface area (Å²) in [5.74, 6) is -0.0420. The maximum absolute atomic E-state index is 12.2. The lowest BCUT2D eigenvalue weighted by Gasteiger charge is -2.37. The van der Waals surface area contributed by atoms with Gasteiger partial charge < -0.3 is 15.0 Å². The van der Waals surface area contributed by atoms with Crippen LogP contribution in [-0.4, -0.2) is 48.6 Å². The summed E-state index contributed by atoms with van der Waals surface area (Å²) in [7, 11) is 0. The molecule has 1 rings (SSSR count). The summed E-state index contributed by atoms with van der Waals surface area (Å²) >= 11 is 0. The lowest BCUT2D eigenvalue weighted by molar-refractivity contribution is -0.149. The fraction of sp³-hybridized carbons (Fsp3) is 0.857. The van der Waals surface area contributed by atoms with Gasteiger partial charge in [-0.05, 0) is 19.8 Å². The van der Waals surface area contributed by atoms with Crippen molar-refractivity contribution in [3.63, 3.8) is 0 Å². The Labute approximate surface area is 115 Å². The lowest BCUT2D eigenvalue weighted by Crippen LogP contribution is -2.62. The number of nitrogens with zero attached hydrogens (tertiary/aromatic N) is 1. The molecule has 0 spiro atoms. The van der Waals surface area contributed by atoms with Gasteiger partial charge in [-0.3, -0.25) is 9.59 Å². The van der Waals surface area contributed by atoms with Crippen LogP contribution in [0.15, 0.2) is 0 Å². The SMILES string of the molecule is CCCCOCCN1C(=O)C(CCC)NC(=O)C1C. The maximum atomic E-state index is 12.2. The standard InChI is InChI=1S/C14H26N2O3/c1-4-6-9-19-10-8-16-11(3)13(17)15-12(7-5-2)14(16)18/h11-12H,4-10H2,1-3H3,(H,15,17). The maximum Gasteiger partial charge on any atom is 0.245 e. The molecule has 0 aromatic carbocycles. The van der Waals surface area contributed by atoms with E-state index in [1.165, 1.54) is 0 Å². The fourth-order valence-corrected chi connectivity index (χ4v) is 2.19. The molecule has 1 aliphatic rings. The topological polar surface area (TPSA) is 58.6 Å². The predicted molar refractivity (Wildman–Crippen MR) is 73.7 cm³/mol. The van der Waals surface area contributed by atoms with Crippen molar-refractivity contribution in [1.29, 1.82) is 0 Å². The van der Waals surface area contributed by atoms with E-state index < -0.39 is 6.04 Å². The Bertz CT molecular complexity index is 307. The molecule has 19 heavy (non-hydrogen) atoms. The lowest BCUT2D eigenvalue weighted by atomic mass is 10.0. The van der Waals surface area contributed by atoms with Crippen LogP contribution in [-0.2, 0) is 14.3 Å². The molecule has 110 valence electrons. The number of ether oxygens (including phenoxy) is 1. The summed E-state index contributed by atoms with van der Waals surface area (Å²) in [6.45, 7) is 7.60.